The van der Waals surface area contributed by atoms with Crippen LogP contribution in [0.1, 0.15) is 18.6 Å². The van der Waals surface area contributed by atoms with Crippen LogP contribution in [0.3, 0.4) is 0 Å². The lowest BCUT2D eigenvalue weighted by molar-refractivity contribution is 0.148. The number of nitrogens with zero attached hydrogens (tertiary/aromatic N) is 1. The third-order valence-electron chi connectivity index (χ3n) is 1.57. The van der Waals surface area contributed by atoms with Crippen LogP contribution in [0.25, 0.3) is 0 Å². The van der Waals surface area contributed by atoms with Crippen molar-refractivity contribution in [2.45, 2.75) is 20.4 Å². The SMILES string of the molecule is CCOCCNCc1ncc(C)o1. The molecule has 0 spiro atoms. The van der Waals surface area contributed by atoms with Crippen molar-refractivity contribution in [2.24, 2.45) is 0 Å². The van der Waals surface area contributed by atoms with Crippen molar-refractivity contribution in [2.75, 3.05) is 19.8 Å². The molecule has 1 heterocycles. The van der Waals surface area contributed by atoms with Gasteiger partial charge in [0.15, 0.2) is 0 Å². The predicted molar refractivity (Wildman–Crippen MR) is 49.4 cm³/mol. The fraction of sp³-hybridized carbons (Fsp3) is 0.667. The fourth-order valence-electron chi connectivity index (χ4n) is 0.967. The molecule has 0 aliphatic carbocycles. The molecule has 0 fully saturated rings. The summed E-state index contributed by atoms with van der Waals surface area (Å²) in [7, 11) is 0. The van der Waals surface area contributed by atoms with E-state index in [1.807, 2.05) is 13.8 Å². The number of rotatable bonds is 6. The van der Waals surface area contributed by atoms with Crippen LogP contribution >= 0.6 is 0 Å². The first-order chi connectivity index (χ1) is 6.33. The first-order valence-electron chi connectivity index (χ1n) is 4.52. The van der Waals surface area contributed by atoms with Crippen molar-refractivity contribution in [3.05, 3.63) is 17.8 Å². The highest BCUT2D eigenvalue weighted by molar-refractivity contribution is 4.90. The van der Waals surface area contributed by atoms with E-state index >= 15 is 0 Å². The Kier molecular flexibility index (Phi) is 4.49. The summed E-state index contributed by atoms with van der Waals surface area (Å²) in [5.41, 5.74) is 0. The van der Waals surface area contributed by atoms with Crippen LogP contribution in [0.4, 0.5) is 0 Å². The molecule has 0 saturated heterocycles. The minimum atomic E-state index is 0.668. The second-order valence-electron chi connectivity index (χ2n) is 2.74. The summed E-state index contributed by atoms with van der Waals surface area (Å²) in [6.07, 6.45) is 1.72. The lowest BCUT2D eigenvalue weighted by atomic mass is 10.6. The molecule has 0 atom stereocenters. The Labute approximate surface area is 78.3 Å². The lowest BCUT2D eigenvalue weighted by Crippen LogP contribution is -2.19. The van der Waals surface area contributed by atoms with Gasteiger partial charge in [0, 0.05) is 13.2 Å². The maximum Gasteiger partial charge on any atom is 0.208 e. The zero-order chi connectivity index (χ0) is 9.52. The normalized spacial score (nSPS) is 10.6. The maximum atomic E-state index is 5.28. The summed E-state index contributed by atoms with van der Waals surface area (Å²) in [5.74, 6) is 1.58. The van der Waals surface area contributed by atoms with Crippen LogP contribution < -0.4 is 5.32 Å². The van der Waals surface area contributed by atoms with E-state index in [-0.39, 0.29) is 0 Å². The van der Waals surface area contributed by atoms with Gasteiger partial charge < -0.3 is 14.5 Å². The van der Waals surface area contributed by atoms with E-state index in [2.05, 4.69) is 10.3 Å². The molecule has 1 rings (SSSR count). The quantitative estimate of drug-likeness (QED) is 0.673. The van der Waals surface area contributed by atoms with Gasteiger partial charge in [-0.2, -0.15) is 0 Å². The predicted octanol–water partition coefficient (Wildman–Crippen LogP) is 1.11. The van der Waals surface area contributed by atoms with Crippen LogP contribution in [-0.2, 0) is 11.3 Å². The monoisotopic (exact) mass is 184 g/mol. The summed E-state index contributed by atoms with van der Waals surface area (Å²) >= 11 is 0. The number of hydrogen-bond acceptors (Lipinski definition) is 4. The van der Waals surface area contributed by atoms with Crippen molar-refractivity contribution in [3.63, 3.8) is 0 Å². The molecule has 0 aliphatic heterocycles. The smallest absolute Gasteiger partial charge is 0.208 e. The van der Waals surface area contributed by atoms with Crippen molar-refractivity contribution in [1.82, 2.24) is 10.3 Å². The Morgan fingerprint density at radius 2 is 2.46 bits per heavy atom. The number of oxazole rings is 1. The van der Waals surface area contributed by atoms with Gasteiger partial charge in [-0.15, -0.1) is 0 Å². The number of aryl methyl sites for hydroxylation is 1. The average Bonchev–Trinajstić information content (AvgIpc) is 2.51. The molecule has 0 aromatic carbocycles. The average molecular weight is 184 g/mol. The molecular formula is C9H16N2O2. The molecule has 4 heteroatoms. The van der Waals surface area contributed by atoms with Gasteiger partial charge in [0.1, 0.15) is 5.76 Å². The van der Waals surface area contributed by atoms with E-state index < -0.39 is 0 Å². The van der Waals surface area contributed by atoms with E-state index in [0.29, 0.717) is 6.54 Å². The Morgan fingerprint density at radius 1 is 1.62 bits per heavy atom. The van der Waals surface area contributed by atoms with Crippen LogP contribution in [0.15, 0.2) is 10.6 Å². The van der Waals surface area contributed by atoms with Crippen molar-refractivity contribution >= 4 is 0 Å². The topological polar surface area (TPSA) is 47.3 Å². The standard InChI is InChI=1S/C9H16N2O2/c1-3-12-5-4-10-7-9-11-6-8(2)13-9/h6,10H,3-5,7H2,1-2H3. The van der Waals surface area contributed by atoms with Crippen molar-refractivity contribution in [1.29, 1.82) is 0 Å². The number of nitrogens with one attached hydrogen (secondary N) is 1. The lowest BCUT2D eigenvalue weighted by Gasteiger charge is -2.01. The molecule has 0 aliphatic rings. The van der Waals surface area contributed by atoms with Gasteiger partial charge in [0.2, 0.25) is 5.89 Å². The molecule has 0 unspecified atom stereocenters. The van der Waals surface area contributed by atoms with Crippen LogP contribution in [0.5, 0.6) is 0 Å². The van der Waals surface area contributed by atoms with Crippen molar-refractivity contribution in [3.8, 4) is 0 Å². The van der Waals surface area contributed by atoms with Gasteiger partial charge in [-0.3, -0.25) is 0 Å². The third-order valence-corrected chi connectivity index (χ3v) is 1.57. The fourth-order valence-corrected chi connectivity index (χ4v) is 0.967. The first-order valence-corrected chi connectivity index (χ1v) is 4.52. The van der Waals surface area contributed by atoms with Crippen LogP contribution in [-0.4, -0.2) is 24.7 Å². The van der Waals surface area contributed by atoms with Crippen LogP contribution in [0, 0.1) is 6.92 Å². The molecule has 0 radical (unpaired) electrons. The molecule has 13 heavy (non-hydrogen) atoms. The van der Waals surface area contributed by atoms with Gasteiger partial charge in [0.25, 0.3) is 0 Å². The molecule has 0 bridgehead atoms. The molecule has 4 nitrogen and oxygen atoms in total. The molecule has 0 saturated carbocycles. The molecule has 74 valence electrons. The number of hydrogen-bond donors (Lipinski definition) is 1. The molecule has 0 amide bonds. The van der Waals surface area contributed by atoms with E-state index in [4.69, 9.17) is 9.15 Å². The minimum absolute atomic E-state index is 0.668. The first kappa shape index (κ1) is 10.2. The third kappa shape index (κ3) is 4.05. The highest BCUT2D eigenvalue weighted by Crippen LogP contribution is 1.99. The van der Waals surface area contributed by atoms with Crippen molar-refractivity contribution < 1.29 is 9.15 Å². The van der Waals surface area contributed by atoms with Gasteiger partial charge in [-0.25, -0.2) is 4.98 Å². The van der Waals surface area contributed by atoms with E-state index in [1.54, 1.807) is 6.20 Å². The van der Waals surface area contributed by atoms with Gasteiger partial charge in [-0.05, 0) is 13.8 Å². The Hall–Kier alpha value is -0.870. The number of aromatic nitrogens is 1. The Morgan fingerprint density at radius 3 is 3.08 bits per heavy atom. The summed E-state index contributed by atoms with van der Waals surface area (Å²) in [6, 6.07) is 0. The summed E-state index contributed by atoms with van der Waals surface area (Å²) in [4.78, 5) is 4.06. The molecule has 1 aromatic heterocycles. The molecular weight excluding hydrogens is 168 g/mol. The minimum Gasteiger partial charge on any atom is -0.445 e. The van der Waals surface area contributed by atoms with E-state index in [1.165, 1.54) is 0 Å². The zero-order valence-electron chi connectivity index (χ0n) is 8.17. The Balaban J connectivity index is 2.06. The molecule has 1 aromatic rings. The maximum absolute atomic E-state index is 5.28. The second-order valence-corrected chi connectivity index (χ2v) is 2.74. The summed E-state index contributed by atoms with van der Waals surface area (Å²) < 4.78 is 10.4. The van der Waals surface area contributed by atoms with E-state index in [0.717, 1.165) is 31.4 Å². The largest absolute Gasteiger partial charge is 0.445 e. The zero-order valence-corrected chi connectivity index (χ0v) is 8.17. The number of ether oxygens (including phenoxy) is 1. The Bertz CT molecular complexity index is 235. The summed E-state index contributed by atoms with van der Waals surface area (Å²) in [6.45, 7) is 6.86. The van der Waals surface area contributed by atoms with E-state index in [9.17, 15) is 0 Å². The summed E-state index contributed by atoms with van der Waals surface area (Å²) in [5, 5.41) is 3.17. The highest BCUT2D eigenvalue weighted by atomic mass is 16.5. The second kappa shape index (κ2) is 5.72. The highest BCUT2D eigenvalue weighted by Gasteiger charge is 1.98. The van der Waals surface area contributed by atoms with Crippen LogP contribution in [0.2, 0.25) is 0 Å². The van der Waals surface area contributed by atoms with Gasteiger partial charge in [0.05, 0.1) is 19.3 Å². The van der Waals surface area contributed by atoms with Gasteiger partial charge >= 0.3 is 0 Å². The van der Waals surface area contributed by atoms with Gasteiger partial charge in [-0.1, -0.05) is 0 Å². The molecule has 1 N–H and O–H groups in total.